The van der Waals surface area contributed by atoms with Gasteiger partial charge >= 0.3 is 0 Å². The van der Waals surface area contributed by atoms with Crippen molar-refractivity contribution >= 4 is 11.8 Å². The highest BCUT2D eigenvalue weighted by atomic mass is 16.5. The number of hydrogen-bond acceptors (Lipinski definition) is 4. The summed E-state index contributed by atoms with van der Waals surface area (Å²) in [4.78, 5) is 29.9. The van der Waals surface area contributed by atoms with Crippen molar-refractivity contribution in [3.8, 4) is 0 Å². The quantitative estimate of drug-likeness (QED) is 0.669. The van der Waals surface area contributed by atoms with Gasteiger partial charge in [0, 0.05) is 44.6 Å². The monoisotopic (exact) mass is 433 g/mol. The molecule has 4 rings (SSSR count). The van der Waals surface area contributed by atoms with Crippen LogP contribution in [0.3, 0.4) is 0 Å². The number of ether oxygens (including phenoxy) is 1. The number of nitrogens with one attached hydrogen (secondary N) is 1. The molecule has 4 aliphatic rings. The second kappa shape index (κ2) is 11.6. The Morgan fingerprint density at radius 1 is 0.839 bits per heavy atom. The summed E-state index contributed by atoms with van der Waals surface area (Å²) in [6.45, 7) is 5.36. The van der Waals surface area contributed by atoms with E-state index >= 15 is 0 Å². The molecule has 0 spiro atoms. The summed E-state index contributed by atoms with van der Waals surface area (Å²) in [5, 5.41) is 3.12. The molecule has 0 aromatic carbocycles. The molecule has 0 unspecified atom stereocenters. The van der Waals surface area contributed by atoms with Crippen molar-refractivity contribution in [2.24, 2.45) is 11.8 Å². The normalized spacial score (nSPS) is 27.5. The lowest BCUT2D eigenvalue weighted by Crippen LogP contribution is -2.50. The summed E-state index contributed by atoms with van der Waals surface area (Å²) in [5.41, 5.74) is 0. The third kappa shape index (κ3) is 6.67. The number of rotatable bonds is 7. The maximum atomic E-state index is 12.7. The zero-order valence-corrected chi connectivity index (χ0v) is 19.4. The second-order valence-electron chi connectivity index (χ2n) is 10.3. The minimum Gasteiger partial charge on any atom is -0.376 e. The van der Waals surface area contributed by atoms with Crippen molar-refractivity contribution < 1.29 is 14.3 Å². The van der Waals surface area contributed by atoms with Crippen molar-refractivity contribution in [1.29, 1.82) is 0 Å². The number of carbonyl (C=O) groups is 2. The predicted octanol–water partition coefficient (Wildman–Crippen LogP) is 3.35. The van der Waals surface area contributed by atoms with Crippen LogP contribution in [0.2, 0.25) is 0 Å². The first kappa shape index (κ1) is 23.0. The largest absolute Gasteiger partial charge is 0.376 e. The Balaban J connectivity index is 1.10. The van der Waals surface area contributed by atoms with Crippen molar-refractivity contribution in [3.63, 3.8) is 0 Å². The van der Waals surface area contributed by atoms with Crippen LogP contribution in [-0.4, -0.2) is 73.1 Å². The van der Waals surface area contributed by atoms with E-state index in [9.17, 15) is 9.59 Å². The minimum atomic E-state index is 0.152. The maximum Gasteiger partial charge on any atom is 0.223 e. The van der Waals surface area contributed by atoms with Gasteiger partial charge in [0.25, 0.3) is 0 Å². The molecule has 31 heavy (non-hydrogen) atoms. The summed E-state index contributed by atoms with van der Waals surface area (Å²) in [6.07, 6.45) is 15.1. The van der Waals surface area contributed by atoms with Crippen LogP contribution in [0.5, 0.6) is 0 Å². The van der Waals surface area contributed by atoms with E-state index in [1.54, 1.807) is 0 Å². The minimum absolute atomic E-state index is 0.152. The van der Waals surface area contributed by atoms with Crippen LogP contribution in [0.25, 0.3) is 0 Å². The predicted molar refractivity (Wildman–Crippen MR) is 122 cm³/mol. The highest BCUT2D eigenvalue weighted by molar-refractivity contribution is 5.78. The molecule has 176 valence electrons. The Hall–Kier alpha value is -1.14. The van der Waals surface area contributed by atoms with Crippen molar-refractivity contribution in [2.45, 2.75) is 95.6 Å². The topological polar surface area (TPSA) is 61.9 Å². The average molecular weight is 434 g/mol. The van der Waals surface area contributed by atoms with E-state index in [0.29, 0.717) is 18.5 Å². The maximum absolute atomic E-state index is 12.7. The van der Waals surface area contributed by atoms with E-state index in [0.717, 1.165) is 90.1 Å². The molecule has 0 radical (unpaired) electrons. The zero-order chi connectivity index (χ0) is 21.5. The number of piperidine rings is 2. The van der Waals surface area contributed by atoms with E-state index in [4.69, 9.17) is 4.74 Å². The van der Waals surface area contributed by atoms with Crippen LogP contribution in [0.4, 0.5) is 0 Å². The van der Waals surface area contributed by atoms with Crippen LogP contribution < -0.4 is 5.32 Å². The number of carbonyl (C=O) groups excluding carboxylic acids is 2. The molecule has 2 amide bonds. The number of nitrogens with zero attached hydrogens (tertiary/aromatic N) is 2. The Morgan fingerprint density at radius 2 is 1.58 bits per heavy atom. The Morgan fingerprint density at radius 3 is 2.26 bits per heavy atom. The van der Waals surface area contributed by atoms with E-state index in [-0.39, 0.29) is 17.9 Å². The first-order chi connectivity index (χ1) is 15.2. The summed E-state index contributed by atoms with van der Waals surface area (Å²) in [5.74, 6) is 1.54. The lowest BCUT2D eigenvalue weighted by Gasteiger charge is -2.41. The van der Waals surface area contributed by atoms with Gasteiger partial charge in [-0.15, -0.1) is 0 Å². The summed E-state index contributed by atoms with van der Waals surface area (Å²) in [6, 6.07) is 0.582. The van der Waals surface area contributed by atoms with Gasteiger partial charge in [-0.2, -0.15) is 0 Å². The molecule has 1 aliphatic carbocycles. The molecule has 0 aromatic rings. The van der Waals surface area contributed by atoms with Crippen LogP contribution in [0, 0.1) is 11.8 Å². The smallest absolute Gasteiger partial charge is 0.223 e. The van der Waals surface area contributed by atoms with E-state index in [1.165, 1.54) is 32.1 Å². The van der Waals surface area contributed by atoms with Gasteiger partial charge in [-0.1, -0.05) is 32.1 Å². The summed E-state index contributed by atoms with van der Waals surface area (Å²) >= 11 is 0. The molecule has 0 aromatic heterocycles. The lowest BCUT2D eigenvalue weighted by atomic mass is 9.86. The molecule has 4 fully saturated rings. The molecule has 3 heterocycles. The first-order valence-electron chi connectivity index (χ1n) is 13.1. The Labute approximate surface area is 188 Å². The molecule has 3 aliphatic heterocycles. The Bertz CT molecular complexity index is 571. The van der Waals surface area contributed by atoms with E-state index in [1.807, 2.05) is 0 Å². The molecule has 0 bridgehead atoms. The van der Waals surface area contributed by atoms with Crippen LogP contribution >= 0.6 is 0 Å². The molecule has 1 atom stereocenters. The van der Waals surface area contributed by atoms with E-state index < -0.39 is 0 Å². The van der Waals surface area contributed by atoms with Crippen molar-refractivity contribution in [2.75, 3.05) is 39.3 Å². The van der Waals surface area contributed by atoms with Crippen LogP contribution in [0.15, 0.2) is 0 Å². The number of likely N-dealkylation sites (tertiary alicyclic amines) is 2. The molecule has 6 nitrogen and oxygen atoms in total. The van der Waals surface area contributed by atoms with Gasteiger partial charge in [0.2, 0.25) is 11.8 Å². The standard InChI is InChI=1S/C25H43N3O3/c29-24(9-8-20-5-2-1-3-6-20)28-16-12-22(13-17-28)27-14-10-21(11-15-27)25(30)26-19-23-7-4-18-31-23/h20-23H,1-19H2,(H,26,30)/t23-/m1/s1. The van der Waals surface area contributed by atoms with Gasteiger partial charge in [0.05, 0.1) is 6.10 Å². The van der Waals surface area contributed by atoms with Crippen LogP contribution in [-0.2, 0) is 14.3 Å². The molecule has 3 saturated heterocycles. The Kier molecular flexibility index (Phi) is 8.65. The van der Waals surface area contributed by atoms with Crippen molar-refractivity contribution in [3.05, 3.63) is 0 Å². The fourth-order valence-electron chi connectivity index (χ4n) is 6.13. The molecule has 1 saturated carbocycles. The fourth-order valence-corrected chi connectivity index (χ4v) is 6.13. The highest BCUT2D eigenvalue weighted by Crippen LogP contribution is 2.28. The van der Waals surface area contributed by atoms with E-state index in [2.05, 4.69) is 15.1 Å². The van der Waals surface area contributed by atoms with Gasteiger partial charge < -0.3 is 19.9 Å². The van der Waals surface area contributed by atoms with Gasteiger partial charge in [-0.05, 0) is 64.0 Å². The van der Waals surface area contributed by atoms with Gasteiger partial charge in [0.15, 0.2) is 0 Å². The third-order valence-corrected chi connectivity index (χ3v) is 8.25. The fraction of sp³-hybridized carbons (Fsp3) is 0.920. The molecular formula is C25H43N3O3. The summed E-state index contributed by atoms with van der Waals surface area (Å²) in [7, 11) is 0. The van der Waals surface area contributed by atoms with Gasteiger partial charge in [-0.25, -0.2) is 0 Å². The summed E-state index contributed by atoms with van der Waals surface area (Å²) < 4.78 is 5.61. The van der Waals surface area contributed by atoms with Crippen LogP contribution in [0.1, 0.15) is 83.5 Å². The zero-order valence-electron chi connectivity index (χ0n) is 19.4. The highest BCUT2D eigenvalue weighted by Gasteiger charge is 2.32. The van der Waals surface area contributed by atoms with Gasteiger partial charge in [-0.3, -0.25) is 9.59 Å². The molecule has 1 N–H and O–H groups in total. The molecular weight excluding hydrogens is 390 g/mol. The van der Waals surface area contributed by atoms with Gasteiger partial charge in [0.1, 0.15) is 0 Å². The number of amides is 2. The first-order valence-corrected chi connectivity index (χ1v) is 13.1. The SMILES string of the molecule is O=C(NC[C@H]1CCCO1)C1CCN(C2CCN(C(=O)CCC3CCCCC3)CC2)CC1. The second-order valence-corrected chi connectivity index (χ2v) is 10.3. The number of hydrogen-bond donors (Lipinski definition) is 1. The van der Waals surface area contributed by atoms with Crippen molar-refractivity contribution in [1.82, 2.24) is 15.1 Å². The lowest BCUT2D eigenvalue weighted by molar-refractivity contribution is -0.133. The average Bonchev–Trinajstić information content (AvgIpc) is 3.36. The third-order valence-electron chi connectivity index (χ3n) is 8.25. The molecule has 6 heteroatoms.